The third-order valence-electron chi connectivity index (χ3n) is 2.90. The monoisotopic (exact) mass is 300 g/mol. The molecule has 1 aromatic rings. The van der Waals surface area contributed by atoms with Gasteiger partial charge >= 0.3 is 0 Å². The van der Waals surface area contributed by atoms with Crippen molar-refractivity contribution in [3.8, 4) is 6.07 Å². The molecule has 0 aromatic heterocycles. The van der Waals surface area contributed by atoms with Crippen LogP contribution in [0.5, 0.6) is 0 Å². The first kappa shape index (κ1) is 14.3. The Hall–Kier alpha value is -1.13. The van der Waals surface area contributed by atoms with E-state index >= 15 is 0 Å². The molecule has 7 heteroatoms. The minimum Gasteiger partial charge on any atom is -0.377 e. The molecule has 5 nitrogen and oxygen atoms in total. The third kappa shape index (κ3) is 3.45. The molecule has 19 heavy (non-hydrogen) atoms. The molecule has 0 spiro atoms. The van der Waals surface area contributed by atoms with Gasteiger partial charge in [0.05, 0.1) is 21.6 Å². The molecule has 1 heterocycles. The summed E-state index contributed by atoms with van der Waals surface area (Å²) in [7, 11) is -3.62. The highest BCUT2D eigenvalue weighted by Gasteiger charge is 2.20. The first-order valence-corrected chi connectivity index (χ1v) is 7.70. The van der Waals surface area contributed by atoms with Crippen LogP contribution in [0.2, 0.25) is 5.02 Å². The Balaban J connectivity index is 2.10. The minimum absolute atomic E-state index is 0.0505. The van der Waals surface area contributed by atoms with E-state index in [0.29, 0.717) is 6.61 Å². The number of benzene rings is 1. The molecular formula is C12H13ClN2O3S. The number of nitrogens with zero attached hydrogens (tertiary/aromatic N) is 1. The summed E-state index contributed by atoms with van der Waals surface area (Å²) in [5.41, 5.74) is 0.250. The zero-order valence-corrected chi connectivity index (χ0v) is 11.7. The van der Waals surface area contributed by atoms with Crippen molar-refractivity contribution in [1.82, 2.24) is 4.72 Å². The molecule has 1 fully saturated rings. The minimum atomic E-state index is -3.62. The van der Waals surface area contributed by atoms with E-state index in [2.05, 4.69) is 4.72 Å². The van der Waals surface area contributed by atoms with Crippen LogP contribution in [0.1, 0.15) is 18.4 Å². The van der Waals surface area contributed by atoms with Crippen LogP contribution in [0.4, 0.5) is 0 Å². The molecule has 1 aliphatic rings. The van der Waals surface area contributed by atoms with Crippen LogP contribution < -0.4 is 4.72 Å². The zero-order valence-electron chi connectivity index (χ0n) is 10.1. The van der Waals surface area contributed by atoms with Crippen molar-refractivity contribution in [3.05, 3.63) is 28.8 Å². The van der Waals surface area contributed by atoms with E-state index in [1.165, 1.54) is 18.2 Å². The molecule has 0 amide bonds. The van der Waals surface area contributed by atoms with Gasteiger partial charge in [0.2, 0.25) is 10.0 Å². The predicted octanol–water partition coefficient (Wildman–Crippen LogP) is 1.67. The van der Waals surface area contributed by atoms with E-state index in [-0.39, 0.29) is 28.1 Å². The fraction of sp³-hybridized carbons (Fsp3) is 0.417. The standard InChI is InChI=1S/C12H13ClN2O3S/c13-12-6-11(4-3-9(12)7-14)19(16,17)15-8-10-2-1-5-18-10/h3-4,6,10,15H,1-2,5,8H2. The quantitative estimate of drug-likeness (QED) is 0.917. The van der Waals surface area contributed by atoms with E-state index in [1.807, 2.05) is 6.07 Å². The van der Waals surface area contributed by atoms with Gasteiger partial charge in [0.1, 0.15) is 6.07 Å². The van der Waals surface area contributed by atoms with Crippen LogP contribution in [-0.4, -0.2) is 27.7 Å². The lowest BCUT2D eigenvalue weighted by atomic mass is 10.2. The van der Waals surface area contributed by atoms with Gasteiger partial charge in [0.25, 0.3) is 0 Å². The molecule has 0 saturated carbocycles. The Bertz CT molecular complexity index is 604. The maximum absolute atomic E-state index is 12.0. The van der Waals surface area contributed by atoms with Gasteiger partial charge in [0.15, 0.2) is 0 Å². The number of halogens is 1. The highest BCUT2D eigenvalue weighted by molar-refractivity contribution is 7.89. The van der Waals surface area contributed by atoms with E-state index in [4.69, 9.17) is 21.6 Å². The molecule has 0 bridgehead atoms. The molecule has 1 atom stereocenters. The molecule has 1 aliphatic heterocycles. The lowest BCUT2D eigenvalue weighted by Gasteiger charge is -2.11. The Morgan fingerprint density at radius 1 is 1.53 bits per heavy atom. The van der Waals surface area contributed by atoms with Gasteiger partial charge in [-0.1, -0.05) is 11.6 Å². The van der Waals surface area contributed by atoms with Crippen molar-refractivity contribution in [2.75, 3.05) is 13.2 Å². The number of nitrogens with one attached hydrogen (secondary N) is 1. The highest BCUT2D eigenvalue weighted by atomic mass is 35.5. The van der Waals surface area contributed by atoms with Crippen LogP contribution in [-0.2, 0) is 14.8 Å². The molecule has 1 aromatic carbocycles. The van der Waals surface area contributed by atoms with Crippen molar-refractivity contribution in [2.45, 2.75) is 23.8 Å². The zero-order chi connectivity index (χ0) is 13.9. The highest BCUT2D eigenvalue weighted by Crippen LogP contribution is 2.20. The Morgan fingerprint density at radius 2 is 2.32 bits per heavy atom. The van der Waals surface area contributed by atoms with Gasteiger partial charge in [-0.15, -0.1) is 0 Å². The number of sulfonamides is 1. The molecule has 102 valence electrons. The summed E-state index contributed by atoms with van der Waals surface area (Å²) in [6, 6.07) is 5.91. The van der Waals surface area contributed by atoms with Crippen molar-refractivity contribution in [1.29, 1.82) is 5.26 Å². The maximum Gasteiger partial charge on any atom is 0.240 e. The summed E-state index contributed by atoms with van der Waals surface area (Å²) >= 11 is 5.82. The second-order valence-electron chi connectivity index (χ2n) is 4.24. The molecule has 2 rings (SSSR count). The Labute approximate surface area is 117 Å². The van der Waals surface area contributed by atoms with Crippen LogP contribution >= 0.6 is 11.6 Å². The normalized spacial score (nSPS) is 19.3. The van der Waals surface area contributed by atoms with Gasteiger partial charge in [-0.2, -0.15) is 5.26 Å². The van der Waals surface area contributed by atoms with Crippen LogP contribution in [0.3, 0.4) is 0 Å². The first-order chi connectivity index (χ1) is 9.03. The number of hydrogen-bond acceptors (Lipinski definition) is 4. The van der Waals surface area contributed by atoms with Gasteiger partial charge < -0.3 is 4.74 Å². The second kappa shape index (κ2) is 5.88. The molecule has 0 aliphatic carbocycles. The van der Waals surface area contributed by atoms with E-state index in [9.17, 15) is 8.42 Å². The van der Waals surface area contributed by atoms with Crippen molar-refractivity contribution in [3.63, 3.8) is 0 Å². The third-order valence-corrected chi connectivity index (χ3v) is 4.63. The summed E-state index contributed by atoms with van der Waals surface area (Å²) in [6.07, 6.45) is 1.75. The maximum atomic E-state index is 12.0. The van der Waals surface area contributed by atoms with Crippen molar-refractivity contribution >= 4 is 21.6 Å². The van der Waals surface area contributed by atoms with Gasteiger partial charge in [-0.3, -0.25) is 0 Å². The lowest BCUT2D eigenvalue weighted by molar-refractivity contribution is 0.114. The molecule has 1 N–H and O–H groups in total. The average molecular weight is 301 g/mol. The first-order valence-electron chi connectivity index (χ1n) is 5.84. The van der Waals surface area contributed by atoms with Gasteiger partial charge in [-0.05, 0) is 31.0 Å². The topological polar surface area (TPSA) is 79.2 Å². The van der Waals surface area contributed by atoms with E-state index < -0.39 is 10.0 Å². The molecule has 1 saturated heterocycles. The smallest absolute Gasteiger partial charge is 0.240 e. The summed E-state index contributed by atoms with van der Waals surface area (Å²) in [6.45, 7) is 0.926. The van der Waals surface area contributed by atoms with Crippen LogP contribution in [0, 0.1) is 11.3 Å². The Morgan fingerprint density at radius 3 is 2.89 bits per heavy atom. The van der Waals surface area contributed by atoms with Crippen LogP contribution in [0.25, 0.3) is 0 Å². The Kier molecular flexibility index (Phi) is 4.42. The number of ether oxygens (including phenoxy) is 1. The fourth-order valence-corrected chi connectivity index (χ4v) is 3.22. The van der Waals surface area contributed by atoms with Crippen LogP contribution in [0.15, 0.2) is 23.1 Å². The summed E-state index contributed by atoms with van der Waals surface area (Å²) in [5.74, 6) is 0. The van der Waals surface area contributed by atoms with E-state index in [1.54, 1.807) is 0 Å². The van der Waals surface area contributed by atoms with Gasteiger partial charge in [0, 0.05) is 13.2 Å². The van der Waals surface area contributed by atoms with Crippen molar-refractivity contribution < 1.29 is 13.2 Å². The largest absolute Gasteiger partial charge is 0.377 e. The molecule has 0 radical (unpaired) electrons. The molecule has 1 unspecified atom stereocenters. The lowest BCUT2D eigenvalue weighted by Crippen LogP contribution is -2.31. The second-order valence-corrected chi connectivity index (χ2v) is 6.41. The van der Waals surface area contributed by atoms with Crippen molar-refractivity contribution in [2.24, 2.45) is 0 Å². The number of rotatable bonds is 4. The van der Waals surface area contributed by atoms with E-state index in [0.717, 1.165) is 12.8 Å². The van der Waals surface area contributed by atoms with Gasteiger partial charge in [-0.25, -0.2) is 13.1 Å². The number of hydrogen-bond donors (Lipinski definition) is 1. The molecular weight excluding hydrogens is 288 g/mol. The summed E-state index contributed by atoms with van der Waals surface area (Å²) in [4.78, 5) is 0.0505. The summed E-state index contributed by atoms with van der Waals surface area (Å²) in [5, 5.41) is 8.87. The summed E-state index contributed by atoms with van der Waals surface area (Å²) < 4.78 is 31.9. The number of nitriles is 1. The fourth-order valence-electron chi connectivity index (χ4n) is 1.84. The SMILES string of the molecule is N#Cc1ccc(S(=O)(=O)NCC2CCCO2)cc1Cl. The predicted molar refractivity (Wildman–Crippen MR) is 70.3 cm³/mol. The average Bonchev–Trinajstić information content (AvgIpc) is 2.89.